The van der Waals surface area contributed by atoms with Crippen LogP contribution in [-0.2, 0) is 24.0 Å². The van der Waals surface area contributed by atoms with Gasteiger partial charge in [0.05, 0.1) is 12.5 Å². The lowest BCUT2D eigenvalue weighted by Crippen LogP contribution is -2.61. The molecule has 10 nitrogen and oxygen atoms in total. The third-order valence-corrected chi connectivity index (χ3v) is 8.86. The molecule has 0 aromatic rings. The van der Waals surface area contributed by atoms with E-state index in [1.165, 1.54) is 4.90 Å². The molecule has 2 aliphatic carbocycles. The molecule has 14 heteroatoms. The number of hydrogen-bond donors (Lipinski definition) is 3. The van der Waals surface area contributed by atoms with E-state index in [1.807, 2.05) is 0 Å². The van der Waals surface area contributed by atoms with Gasteiger partial charge in [-0.1, -0.05) is 38.8 Å². The SMILES string of the molecule is CC1(C)CC(CN(NC(=O)[C@@H]2[C@H]3CCC[C@H]3CN2C(=O)[C@@H](NC(=O)[C@@H]2CC2(F)F)C(C)(C)C)C(=O)[C@H](F)Cl)C(=O)N1. The highest BCUT2D eigenvalue weighted by Gasteiger charge is 2.62. The fraction of sp³-hybridized carbons (Fsp3) is 0.815. The fourth-order valence-electron chi connectivity index (χ4n) is 6.49. The maximum Gasteiger partial charge on any atom is 0.291 e. The molecule has 0 aromatic heterocycles. The van der Waals surface area contributed by atoms with Gasteiger partial charge in [-0.25, -0.2) is 18.2 Å². The molecule has 230 valence electrons. The first-order valence-electron chi connectivity index (χ1n) is 14.0. The van der Waals surface area contributed by atoms with E-state index in [0.29, 0.717) is 17.9 Å². The van der Waals surface area contributed by atoms with Crippen LogP contribution in [0.3, 0.4) is 0 Å². The van der Waals surface area contributed by atoms with Gasteiger partial charge in [0.2, 0.25) is 17.7 Å². The van der Waals surface area contributed by atoms with E-state index < -0.39 is 76.5 Å². The van der Waals surface area contributed by atoms with Gasteiger partial charge in [0, 0.05) is 18.5 Å². The van der Waals surface area contributed by atoms with E-state index >= 15 is 0 Å². The number of nitrogens with one attached hydrogen (secondary N) is 3. The molecule has 2 saturated heterocycles. The minimum absolute atomic E-state index is 0.0219. The van der Waals surface area contributed by atoms with Gasteiger partial charge in [0.1, 0.15) is 18.0 Å². The first-order valence-corrected chi connectivity index (χ1v) is 14.5. The Balaban J connectivity index is 1.56. The van der Waals surface area contributed by atoms with E-state index in [4.69, 9.17) is 11.6 Å². The monoisotopic (exact) mass is 605 g/mol. The van der Waals surface area contributed by atoms with Crippen molar-refractivity contribution in [3.8, 4) is 0 Å². The van der Waals surface area contributed by atoms with Crippen molar-refractivity contribution in [2.75, 3.05) is 13.1 Å². The molecule has 2 saturated carbocycles. The number of hydrogen-bond acceptors (Lipinski definition) is 5. The van der Waals surface area contributed by atoms with Crippen LogP contribution in [0.25, 0.3) is 0 Å². The zero-order valence-electron chi connectivity index (χ0n) is 23.9. The topological polar surface area (TPSA) is 128 Å². The number of halogens is 4. The standard InChI is InChI=1S/C27H39ClF3N5O5/c1-25(2,3)18(32-21(38)16-10-27(16,30)31)23(40)35-11-13-7-6-8-15(13)17(35)22(39)34-36(24(41)19(28)29)12-14-9-26(4,5)33-20(14)37/h13-19H,6-12H2,1-5H3,(H,32,38)(H,33,37)(H,34,39)/t13-,14?,15-,16-,17-,18+,19-/m0/s1. The van der Waals surface area contributed by atoms with Gasteiger partial charge in [0.25, 0.3) is 23.4 Å². The minimum atomic E-state index is -3.11. The highest BCUT2D eigenvalue weighted by Crippen LogP contribution is 2.49. The zero-order chi connectivity index (χ0) is 30.7. The van der Waals surface area contributed by atoms with Crippen LogP contribution in [-0.4, -0.2) is 81.7 Å². The summed E-state index contributed by atoms with van der Waals surface area (Å²) in [7, 11) is 0. The molecule has 4 aliphatic rings. The Labute approximate surface area is 242 Å². The average molecular weight is 606 g/mol. The van der Waals surface area contributed by atoms with Crippen molar-refractivity contribution >= 4 is 41.1 Å². The molecule has 4 rings (SSSR count). The molecule has 2 aliphatic heterocycles. The normalized spacial score (nSPS) is 31.1. The summed E-state index contributed by atoms with van der Waals surface area (Å²) in [5.74, 6) is -9.49. The molecule has 7 atom stereocenters. The van der Waals surface area contributed by atoms with Gasteiger partial charge < -0.3 is 15.5 Å². The van der Waals surface area contributed by atoms with Crippen molar-refractivity contribution in [2.45, 2.75) is 95.9 Å². The van der Waals surface area contributed by atoms with Crippen molar-refractivity contribution in [1.82, 2.24) is 26.0 Å². The Morgan fingerprint density at radius 1 is 1.15 bits per heavy atom. The lowest BCUT2D eigenvalue weighted by atomic mass is 9.85. The van der Waals surface area contributed by atoms with Gasteiger partial charge in [-0.05, 0) is 50.4 Å². The van der Waals surface area contributed by atoms with Crippen LogP contribution in [0.5, 0.6) is 0 Å². The molecule has 0 spiro atoms. The first-order chi connectivity index (χ1) is 18.8. The van der Waals surface area contributed by atoms with Crippen LogP contribution >= 0.6 is 11.6 Å². The lowest BCUT2D eigenvalue weighted by Gasteiger charge is -2.37. The van der Waals surface area contributed by atoms with Crippen LogP contribution in [0.4, 0.5) is 13.2 Å². The molecule has 5 amide bonds. The number of amides is 5. The number of rotatable bonds is 7. The largest absolute Gasteiger partial charge is 0.351 e. The summed E-state index contributed by atoms with van der Waals surface area (Å²) in [4.78, 5) is 66.7. The Morgan fingerprint density at radius 2 is 1.78 bits per heavy atom. The number of carbonyl (C=O) groups excluding carboxylic acids is 5. The Hall–Kier alpha value is -2.57. The van der Waals surface area contributed by atoms with E-state index in [0.717, 1.165) is 12.8 Å². The number of fused-ring (bicyclic) bond motifs is 1. The van der Waals surface area contributed by atoms with Crippen LogP contribution in [0.15, 0.2) is 0 Å². The number of likely N-dealkylation sites (tertiary alicyclic amines) is 1. The summed E-state index contributed by atoms with van der Waals surface area (Å²) in [5, 5.41) is 5.98. The highest BCUT2D eigenvalue weighted by atomic mass is 35.5. The second kappa shape index (κ2) is 10.9. The third kappa shape index (κ3) is 6.59. The predicted octanol–water partition coefficient (Wildman–Crippen LogP) is 2.11. The van der Waals surface area contributed by atoms with E-state index in [-0.39, 0.29) is 30.8 Å². The van der Waals surface area contributed by atoms with Crippen molar-refractivity contribution in [2.24, 2.45) is 29.1 Å². The van der Waals surface area contributed by atoms with Crippen LogP contribution in [0.2, 0.25) is 0 Å². The van der Waals surface area contributed by atoms with Crippen LogP contribution in [0.1, 0.15) is 66.7 Å². The number of nitrogens with zero attached hydrogens (tertiary/aromatic N) is 2. The van der Waals surface area contributed by atoms with Gasteiger partial charge >= 0.3 is 0 Å². The highest BCUT2D eigenvalue weighted by molar-refractivity contribution is 6.29. The number of hydrazine groups is 1. The molecule has 0 radical (unpaired) electrons. The summed E-state index contributed by atoms with van der Waals surface area (Å²) < 4.78 is 41.1. The van der Waals surface area contributed by atoms with Gasteiger partial charge in [-0.2, -0.15) is 0 Å². The summed E-state index contributed by atoms with van der Waals surface area (Å²) >= 11 is 5.44. The first kappa shape index (κ1) is 31.4. The minimum Gasteiger partial charge on any atom is -0.351 e. The summed E-state index contributed by atoms with van der Waals surface area (Å²) in [6.45, 7) is 8.53. The smallest absolute Gasteiger partial charge is 0.291 e. The van der Waals surface area contributed by atoms with Gasteiger partial charge in [0.15, 0.2) is 0 Å². The maximum absolute atomic E-state index is 14.0. The number of carbonyl (C=O) groups is 5. The third-order valence-electron chi connectivity index (χ3n) is 8.67. The van der Waals surface area contributed by atoms with Crippen LogP contribution in [0, 0.1) is 29.1 Å². The van der Waals surface area contributed by atoms with E-state index in [1.54, 1.807) is 34.6 Å². The van der Waals surface area contributed by atoms with Gasteiger partial charge in [-0.15, -0.1) is 0 Å². The Kier molecular flexibility index (Phi) is 8.36. The zero-order valence-corrected chi connectivity index (χ0v) is 24.7. The lowest BCUT2D eigenvalue weighted by molar-refractivity contribution is -0.150. The molecular formula is C27H39ClF3N5O5. The predicted molar refractivity (Wildman–Crippen MR) is 142 cm³/mol. The molecule has 41 heavy (non-hydrogen) atoms. The van der Waals surface area contributed by atoms with Crippen LogP contribution < -0.4 is 16.1 Å². The molecule has 3 N–H and O–H groups in total. The molecule has 2 heterocycles. The van der Waals surface area contributed by atoms with Crippen molar-refractivity contribution in [3.63, 3.8) is 0 Å². The van der Waals surface area contributed by atoms with E-state index in [9.17, 15) is 37.1 Å². The number of alkyl halides is 4. The summed E-state index contributed by atoms with van der Waals surface area (Å²) in [5.41, 5.74) is -1.48. The molecule has 0 aromatic carbocycles. The van der Waals surface area contributed by atoms with Crippen molar-refractivity contribution < 1.29 is 37.1 Å². The summed E-state index contributed by atoms with van der Waals surface area (Å²) in [6.07, 6.45) is 1.95. The second-order valence-electron chi connectivity index (χ2n) is 13.6. The van der Waals surface area contributed by atoms with E-state index in [2.05, 4.69) is 16.1 Å². The molecule has 1 unspecified atom stereocenters. The molecular weight excluding hydrogens is 567 g/mol. The molecule has 4 fully saturated rings. The maximum atomic E-state index is 14.0. The average Bonchev–Trinajstić information content (AvgIpc) is 3.15. The Morgan fingerprint density at radius 3 is 2.29 bits per heavy atom. The van der Waals surface area contributed by atoms with Crippen molar-refractivity contribution in [3.05, 3.63) is 0 Å². The fourth-order valence-corrected chi connectivity index (χ4v) is 6.61. The van der Waals surface area contributed by atoms with Crippen molar-refractivity contribution in [1.29, 1.82) is 0 Å². The second-order valence-corrected chi connectivity index (χ2v) is 14.0. The quantitative estimate of drug-likeness (QED) is 0.303. The Bertz CT molecular complexity index is 1110. The summed E-state index contributed by atoms with van der Waals surface area (Å²) in [6, 6.07) is -2.25. The van der Waals surface area contributed by atoms with Gasteiger partial charge in [-0.3, -0.25) is 29.4 Å². The molecule has 0 bridgehead atoms.